The van der Waals surface area contributed by atoms with E-state index < -0.39 is 6.04 Å². The molecule has 17 heavy (non-hydrogen) atoms. The average molecular weight is 255 g/mol. The molecular formula is C12H21N3OS. The molecule has 4 nitrogen and oxygen atoms in total. The molecule has 0 aliphatic carbocycles. The minimum absolute atomic E-state index is 0.0292. The van der Waals surface area contributed by atoms with Crippen LogP contribution in [0.4, 0.5) is 0 Å². The zero-order valence-electron chi connectivity index (χ0n) is 11.1. The molecule has 1 aromatic rings. The third kappa shape index (κ3) is 3.51. The lowest BCUT2D eigenvalue weighted by Gasteiger charge is -2.19. The Morgan fingerprint density at radius 3 is 2.35 bits per heavy atom. The van der Waals surface area contributed by atoms with E-state index in [0.717, 1.165) is 15.6 Å². The normalized spacial score (nSPS) is 14.8. The molecule has 3 N–H and O–H groups in total. The number of nitrogens with two attached hydrogens (primary N) is 1. The smallest absolute Gasteiger partial charge is 0.237 e. The molecule has 0 saturated carbocycles. The molecule has 0 aromatic carbocycles. The summed E-state index contributed by atoms with van der Waals surface area (Å²) in [6.45, 7) is 9.78. The summed E-state index contributed by atoms with van der Waals surface area (Å²) in [5, 5.41) is 3.96. The first-order chi connectivity index (χ1) is 7.82. The van der Waals surface area contributed by atoms with E-state index in [9.17, 15) is 4.79 Å². The third-order valence-electron chi connectivity index (χ3n) is 2.71. The van der Waals surface area contributed by atoms with Crippen molar-refractivity contribution in [2.75, 3.05) is 0 Å². The van der Waals surface area contributed by atoms with Gasteiger partial charge in [0, 0.05) is 4.88 Å². The highest BCUT2D eigenvalue weighted by atomic mass is 32.1. The number of nitrogens with one attached hydrogen (secondary N) is 1. The fourth-order valence-corrected chi connectivity index (χ4v) is 2.56. The number of carbonyl (C=O) groups is 1. The predicted octanol–water partition coefficient (Wildman–Crippen LogP) is 1.92. The van der Waals surface area contributed by atoms with E-state index >= 15 is 0 Å². The maximum absolute atomic E-state index is 11.8. The van der Waals surface area contributed by atoms with Crippen molar-refractivity contribution < 1.29 is 4.79 Å². The summed E-state index contributed by atoms with van der Waals surface area (Å²) in [7, 11) is 0. The van der Waals surface area contributed by atoms with Gasteiger partial charge < -0.3 is 11.1 Å². The zero-order valence-corrected chi connectivity index (χ0v) is 11.9. The second-order valence-corrected chi connectivity index (χ2v) is 5.92. The number of carbonyl (C=O) groups excluding carboxylic acids is 1. The van der Waals surface area contributed by atoms with Gasteiger partial charge >= 0.3 is 0 Å². The van der Waals surface area contributed by atoms with Crippen LogP contribution in [0, 0.1) is 19.8 Å². The van der Waals surface area contributed by atoms with E-state index in [1.54, 1.807) is 11.3 Å². The largest absolute Gasteiger partial charge is 0.347 e. The Morgan fingerprint density at radius 1 is 1.35 bits per heavy atom. The third-order valence-corrected chi connectivity index (χ3v) is 3.97. The summed E-state index contributed by atoms with van der Waals surface area (Å²) < 4.78 is 0. The van der Waals surface area contributed by atoms with E-state index in [-0.39, 0.29) is 17.9 Å². The summed E-state index contributed by atoms with van der Waals surface area (Å²) in [6.07, 6.45) is 0. The number of thiazole rings is 1. The molecule has 0 aliphatic rings. The van der Waals surface area contributed by atoms with E-state index in [0.29, 0.717) is 0 Å². The van der Waals surface area contributed by atoms with Gasteiger partial charge in [0.15, 0.2) is 0 Å². The van der Waals surface area contributed by atoms with Gasteiger partial charge in [-0.3, -0.25) is 4.79 Å². The van der Waals surface area contributed by atoms with Gasteiger partial charge in [0.1, 0.15) is 0 Å². The first-order valence-corrected chi connectivity index (χ1v) is 6.64. The molecule has 0 bridgehead atoms. The van der Waals surface area contributed by atoms with Crippen LogP contribution in [0.3, 0.4) is 0 Å². The molecule has 1 aromatic heterocycles. The molecule has 2 unspecified atom stereocenters. The van der Waals surface area contributed by atoms with Crippen molar-refractivity contribution in [2.24, 2.45) is 11.7 Å². The maximum atomic E-state index is 11.8. The molecule has 1 rings (SSSR count). The summed E-state index contributed by atoms with van der Waals surface area (Å²) >= 11 is 1.62. The van der Waals surface area contributed by atoms with E-state index in [1.165, 1.54) is 0 Å². The van der Waals surface area contributed by atoms with Gasteiger partial charge in [0.05, 0.1) is 22.8 Å². The highest BCUT2D eigenvalue weighted by molar-refractivity contribution is 7.11. The van der Waals surface area contributed by atoms with E-state index in [1.807, 2.05) is 34.6 Å². The van der Waals surface area contributed by atoms with Gasteiger partial charge in [0.25, 0.3) is 0 Å². The summed E-state index contributed by atoms with van der Waals surface area (Å²) in [6, 6.07) is -0.481. The monoisotopic (exact) mass is 255 g/mol. The van der Waals surface area contributed by atoms with Crippen LogP contribution < -0.4 is 11.1 Å². The molecule has 96 valence electrons. The fraction of sp³-hybridized carbons (Fsp3) is 0.667. The second-order valence-electron chi connectivity index (χ2n) is 4.68. The fourth-order valence-electron chi connectivity index (χ4n) is 1.63. The first-order valence-electron chi connectivity index (χ1n) is 5.82. The lowest BCUT2D eigenvalue weighted by atomic mass is 10.0. The van der Waals surface area contributed by atoms with Crippen molar-refractivity contribution in [1.82, 2.24) is 10.3 Å². The number of nitrogens with zero attached hydrogens (tertiary/aromatic N) is 1. The Labute approximate surface area is 107 Å². The lowest BCUT2D eigenvalue weighted by molar-refractivity contribution is -0.123. The molecule has 0 spiro atoms. The summed E-state index contributed by atoms with van der Waals surface area (Å²) in [5.41, 5.74) is 6.79. The Bertz CT molecular complexity index is 400. The molecule has 5 heteroatoms. The highest BCUT2D eigenvalue weighted by Crippen LogP contribution is 2.24. The van der Waals surface area contributed by atoms with Gasteiger partial charge in [-0.25, -0.2) is 4.98 Å². The molecule has 0 saturated heterocycles. The Morgan fingerprint density at radius 2 is 1.94 bits per heavy atom. The first kappa shape index (κ1) is 14.1. The summed E-state index contributed by atoms with van der Waals surface area (Å²) in [4.78, 5) is 17.3. The van der Waals surface area contributed by atoms with E-state index in [4.69, 9.17) is 5.73 Å². The van der Waals surface area contributed by atoms with Gasteiger partial charge in [0.2, 0.25) is 5.91 Å². The molecule has 1 heterocycles. The average Bonchev–Trinajstić information content (AvgIpc) is 2.56. The maximum Gasteiger partial charge on any atom is 0.237 e. The van der Waals surface area contributed by atoms with Crippen LogP contribution in [-0.4, -0.2) is 16.9 Å². The quantitative estimate of drug-likeness (QED) is 0.863. The molecule has 1 amide bonds. The van der Waals surface area contributed by atoms with Crippen molar-refractivity contribution in [3.05, 3.63) is 15.6 Å². The number of rotatable bonds is 4. The second kappa shape index (κ2) is 5.60. The van der Waals surface area contributed by atoms with Crippen molar-refractivity contribution >= 4 is 17.2 Å². The Hall–Kier alpha value is -0.940. The molecule has 2 atom stereocenters. The minimum atomic E-state index is -0.452. The zero-order chi connectivity index (χ0) is 13.2. The molecule has 0 radical (unpaired) electrons. The van der Waals surface area contributed by atoms with Crippen molar-refractivity contribution in [3.63, 3.8) is 0 Å². The van der Waals surface area contributed by atoms with Crippen LogP contribution in [0.2, 0.25) is 0 Å². The number of aromatic nitrogens is 1. The van der Waals surface area contributed by atoms with Crippen molar-refractivity contribution in [3.8, 4) is 0 Å². The van der Waals surface area contributed by atoms with Crippen LogP contribution in [0.5, 0.6) is 0 Å². The number of hydrogen-bond acceptors (Lipinski definition) is 4. The molecule has 0 aliphatic heterocycles. The molecule has 0 fully saturated rings. The van der Waals surface area contributed by atoms with E-state index in [2.05, 4.69) is 10.3 Å². The number of amides is 1. The van der Waals surface area contributed by atoms with Gasteiger partial charge in [-0.2, -0.15) is 0 Å². The highest BCUT2D eigenvalue weighted by Gasteiger charge is 2.21. The van der Waals surface area contributed by atoms with Crippen LogP contribution in [0.1, 0.15) is 42.4 Å². The minimum Gasteiger partial charge on any atom is -0.347 e. The SMILES string of the molecule is Cc1nc(C)c(C(C)NC(=O)C(N)C(C)C)s1. The summed E-state index contributed by atoms with van der Waals surface area (Å²) in [5.74, 6) is 0.0458. The van der Waals surface area contributed by atoms with Crippen LogP contribution in [-0.2, 0) is 4.79 Å². The number of hydrogen-bond donors (Lipinski definition) is 2. The van der Waals surface area contributed by atoms with Crippen LogP contribution >= 0.6 is 11.3 Å². The van der Waals surface area contributed by atoms with Crippen LogP contribution in [0.15, 0.2) is 0 Å². The number of aryl methyl sites for hydroxylation is 2. The Balaban J connectivity index is 2.70. The molecular weight excluding hydrogens is 234 g/mol. The Kier molecular flexibility index (Phi) is 4.65. The lowest BCUT2D eigenvalue weighted by Crippen LogP contribution is -2.44. The van der Waals surface area contributed by atoms with Crippen molar-refractivity contribution in [2.45, 2.75) is 46.7 Å². The predicted molar refractivity (Wildman–Crippen MR) is 71.0 cm³/mol. The van der Waals surface area contributed by atoms with Gasteiger partial charge in [-0.05, 0) is 26.7 Å². The standard InChI is InChI=1S/C12H21N3OS/c1-6(2)10(13)12(16)15-8(4)11-7(3)14-9(5)17-11/h6,8,10H,13H2,1-5H3,(H,15,16). The van der Waals surface area contributed by atoms with Crippen LogP contribution in [0.25, 0.3) is 0 Å². The topological polar surface area (TPSA) is 68.0 Å². The van der Waals surface area contributed by atoms with Gasteiger partial charge in [-0.1, -0.05) is 13.8 Å². The van der Waals surface area contributed by atoms with Crippen molar-refractivity contribution in [1.29, 1.82) is 0 Å². The van der Waals surface area contributed by atoms with Gasteiger partial charge in [-0.15, -0.1) is 11.3 Å².